The molecule has 1 atom stereocenters. The Balaban J connectivity index is 1.83. The molecule has 1 saturated carbocycles. The Hall–Kier alpha value is -1.42. The molecule has 4 heteroatoms. The van der Waals surface area contributed by atoms with E-state index < -0.39 is 6.04 Å². The van der Waals surface area contributed by atoms with E-state index in [-0.39, 0.29) is 11.7 Å². The smallest absolute Gasteiger partial charge is 0.241 e. The summed E-state index contributed by atoms with van der Waals surface area (Å²) in [6, 6.07) is 5.25. The summed E-state index contributed by atoms with van der Waals surface area (Å²) < 4.78 is 12.8. The van der Waals surface area contributed by atoms with Gasteiger partial charge in [-0.1, -0.05) is 32.1 Å². The number of nitrogens with one attached hydrogen (secondary N) is 1. The molecule has 1 amide bonds. The summed E-state index contributed by atoms with van der Waals surface area (Å²) in [5, 5.41) is 2.73. The molecule has 104 valence electrons. The molecule has 1 aromatic rings. The van der Waals surface area contributed by atoms with Crippen molar-refractivity contribution in [3.63, 3.8) is 0 Å². The number of nitrogens with two attached hydrogens (primary N) is 1. The van der Waals surface area contributed by atoms with Gasteiger partial charge < -0.3 is 11.1 Å². The van der Waals surface area contributed by atoms with Gasteiger partial charge in [-0.3, -0.25) is 4.79 Å². The molecule has 0 bridgehead atoms. The van der Waals surface area contributed by atoms with E-state index in [2.05, 4.69) is 5.32 Å². The fourth-order valence-electron chi connectivity index (χ4n) is 2.66. The summed E-state index contributed by atoms with van der Waals surface area (Å²) in [5.41, 5.74) is 6.53. The first kappa shape index (κ1) is 14.0. The Kier molecular flexibility index (Phi) is 4.91. The monoisotopic (exact) mass is 264 g/mol. The second-order valence-corrected chi connectivity index (χ2v) is 5.34. The van der Waals surface area contributed by atoms with Crippen molar-refractivity contribution >= 4 is 11.6 Å². The minimum Gasteiger partial charge on any atom is -0.325 e. The Labute approximate surface area is 113 Å². The number of anilines is 1. The van der Waals surface area contributed by atoms with Gasteiger partial charge in [0.25, 0.3) is 0 Å². The van der Waals surface area contributed by atoms with Crippen LogP contribution in [-0.4, -0.2) is 11.9 Å². The van der Waals surface area contributed by atoms with Crippen LogP contribution in [-0.2, 0) is 4.79 Å². The fourth-order valence-corrected chi connectivity index (χ4v) is 2.66. The summed E-state index contributed by atoms with van der Waals surface area (Å²) in [7, 11) is 0. The van der Waals surface area contributed by atoms with Crippen LogP contribution in [0.3, 0.4) is 0 Å². The Morgan fingerprint density at radius 1 is 1.26 bits per heavy atom. The van der Waals surface area contributed by atoms with Crippen molar-refractivity contribution in [2.24, 2.45) is 11.7 Å². The quantitative estimate of drug-likeness (QED) is 0.878. The molecule has 0 spiro atoms. The molecule has 3 nitrogen and oxygen atoms in total. The van der Waals surface area contributed by atoms with Crippen molar-refractivity contribution in [2.45, 2.75) is 44.6 Å². The lowest BCUT2D eigenvalue weighted by atomic mass is 9.85. The maximum absolute atomic E-state index is 12.8. The van der Waals surface area contributed by atoms with Crippen LogP contribution >= 0.6 is 0 Å². The van der Waals surface area contributed by atoms with E-state index in [1.54, 1.807) is 12.1 Å². The van der Waals surface area contributed by atoms with Crippen LogP contribution in [0.1, 0.15) is 38.5 Å². The van der Waals surface area contributed by atoms with Gasteiger partial charge in [0.1, 0.15) is 5.82 Å². The van der Waals surface area contributed by atoms with Gasteiger partial charge >= 0.3 is 0 Å². The van der Waals surface area contributed by atoms with Crippen LogP contribution in [0.25, 0.3) is 0 Å². The Morgan fingerprint density at radius 2 is 1.89 bits per heavy atom. The number of hydrogen-bond donors (Lipinski definition) is 2. The highest BCUT2D eigenvalue weighted by Crippen LogP contribution is 2.27. The van der Waals surface area contributed by atoms with E-state index in [4.69, 9.17) is 5.73 Å². The fraction of sp³-hybridized carbons (Fsp3) is 0.533. The average molecular weight is 264 g/mol. The van der Waals surface area contributed by atoms with Crippen molar-refractivity contribution in [3.05, 3.63) is 30.1 Å². The number of halogens is 1. The van der Waals surface area contributed by atoms with Gasteiger partial charge in [-0.25, -0.2) is 4.39 Å². The summed E-state index contributed by atoms with van der Waals surface area (Å²) in [5.74, 6) is 0.0735. The van der Waals surface area contributed by atoms with Gasteiger partial charge in [0.05, 0.1) is 6.04 Å². The van der Waals surface area contributed by atoms with Gasteiger partial charge in [0.15, 0.2) is 0 Å². The highest BCUT2D eigenvalue weighted by atomic mass is 19.1. The summed E-state index contributed by atoms with van der Waals surface area (Å²) in [6.07, 6.45) is 6.89. The first-order valence-electron chi connectivity index (χ1n) is 6.97. The standard InChI is InChI=1S/C15H21FN2O/c16-12-6-8-13(9-7-12)18-15(19)14(17)10-11-4-2-1-3-5-11/h6-9,11,14H,1-5,10,17H2,(H,18,19). The van der Waals surface area contributed by atoms with Crippen molar-refractivity contribution in [3.8, 4) is 0 Å². The maximum atomic E-state index is 12.8. The van der Waals surface area contributed by atoms with Gasteiger partial charge in [-0.05, 0) is 36.6 Å². The topological polar surface area (TPSA) is 55.1 Å². The van der Waals surface area contributed by atoms with E-state index in [0.717, 1.165) is 6.42 Å². The zero-order valence-electron chi connectivity index (χ0n) is 11.1. The predicted molar refractivity (Wildman–Crippen MR) is 74.2 cm³/mol. The minimum absolute atomic E-state index is 0.183. The van der Waals surface area contributed by atoms with E-state index >= 15 is 0 Å². The average Bonchev–Trinajstić information content (AvgIpc) is 2.42. The van der Waals surface area contributed by atoms with Crippen LogP contribution in [0, 0.1) is 11.7 Å². The van der Waals surface area contributed by atoms with Gasteiger partial charge in [-0.2, -0.15) is 0 Å². The zero-order chi connectivity index (χ0) is 13.7. The third kappa shape index (κ3) is 4.31. The third-order valence-corrected chi connectivity index (χ3v) is 3.76. The number of carbonyl (C=O) groups is 1. The van der Waals surface area contributed by atoms with Crippen molar-refractivity contribution < 1.29 is 9.18 Å². The number of hydrogen-bond acceptors (Lipinski definition) is 2. The molecular weight excluding hydrogens is 243 g/mol. The first-order valence-corrected chi connectivity index (χ1v) is 6.97. The molecule has 0 aliphatic heterocycles. The molecule has 0 aromatic heterocycles. The molecule has 1 fully saturated rings. The highest BCUT2D eigenvalue weighted by molar-refractivity contribution is 5.94. The number of rotatable bonds is 4. The molecule has 1 unspecified atom stereocenters. The lowest BCUT2D eigenvalue weighted by Gasteiger charge is -2.24. The second-order valence-electron chi connectivity index (χ2n) is 5.34. The predicted octanol–water partition coefficient (Wildman–Crippen LogP) is 3.06. The summed E-state index contributed by atoms with van der Waals surface area (Å²) in [4.78, 5) is 11.9. The minimum atomic E-state index is -0.479. The zero-order valence-corrected chi connectivity index (χ0v) is 11.1. The van der Waals surface area contributed by atoms with Crippen molar-refractivity contribution in [1.29, 1.82) is 0 Å². The summed E-state index contributed by atoms with van der Waals surface area (Å²) >= 11 is 0. The molecule has 1 aliphatic rings. The molecular formula is C15H21FN2O. The van der Waals surface area contributed by atoms with Crippen LogP contribution < -0.4 is 11.1 Å². The number of amides is 1. The molecule has 2 rings (SSSR count). The van der Waals surface area contributed by atoms with E-state index in [9.17, 15) is 9.18 Å². The van der Waals surface area contributed by atoms with Crippen LogP contribution in [0.5, 0.6) is 0 Å². The lowest BCUT2D eigenvalue weighted by molar-refractivity contribution is -0.117. The van der Waals surface area contributed by atoms with Crippen LogP contribution in [0.2, 0.25) is 0 Å². The number of carbonyl (C=O) groups excluding carboxylic acids is 1. The molecule has 1 aliphatic carbocycles. The SMILES string of the molecule is NC(CC1CCCCC1)C(=O)Nc1ccc(F)cc1. The first-order chi connectivity index (χ1) is 9.15. The lowest BCUT2D eigenvalue weighted by Crippen LogP contribution is -2.37. The Morgan fingerprint density at radius 3 is 2.53 bits per heavy atom. The Bertz CT molecular complexity index is 413. The van der Waals surface area contributed by atoms with Gasteiger partial charge in [-0.15, -0.1) is 0 Å². The third-order valence-electron chi connectivity index (χ3n) is 3.76. The number of benzene rings is 1. The van der Waals surface area contributed by atoms with E-state index in [1.807, 2.05) is 0 Å². The largest absolute Gasteiger partial charge is 0.325 e. The van der Waals surface area contributed by atoms with Gasteiger partial charge in [0.2, 0.25) is 5.91 Å². The molecule has 1 aromatic carbocycles. The maximum Gasteiger partial charge on any atom is 0.241 e. The molecule has 3 N–H and O–H groups in total. The second kappa shape index (κ2) is 6.66. The van der Waals surface area contributed by atoms with Gasteiger partial charge in [0, 0.05) is 5.69 Å². The van der Waals surface area contributed by atoms with E-state index in [1.165, 1.54) is 44.2 Å². The molecule has 0 saturated heterocycles. The summed E-state index contributed by atoms with van der Waals surface area (Å²) in [6.45, 7) is 0. The molecule has 0 radical (unpaired) electrons. The van der Waals surface area contributed by atoms with E-state index in [0.29, 0.717) is 11.6 Å². The highest BCUT2D eigenvalue weighted by Gasteiger charge is 2.21. The van der Waals surface area contributed by atoms with Crippen molar-refractivity contribution in [2.75, 3.05) is 5.32 Å². The van der Waals surface area contributed by atoms with Crippen LogP contribution in [0.4, 0.5) is 10.1 Å². The van der Waals surface area contributed by atoms with Crippen LogP contribution in [0.15, 0.2) is 24.3 Å². The molecule has 19 heavy (non-hydrogen) atoms. The van der Waals surface area contributed by atoms with Crippen molar-refractivity contribution in [1.82, 2.24) is 0 Å². The molecule has 0 heterocycles. The normalized spacial score (nSPS) is 18.0.